The first-order chi connectivity index (χ1) is 7.41. The summed E-state index contributed by atoms with van der Waals surface area (Å²) in [6.45, 7) is 13.3. The van der Waals surface area contributed by atoms with Crippen molar-refractivity contribution in [3.05, 3.63) is 11.4 Å². The molecule has 3 nitrogen and oxygen atoms in total. The number of hydrogen-bond donors (Lipinski definition) is 0. The summed E-state index contributed by atoms with van der Waals surface area (Å²) >= 11 is 0. The highest BCUT2D eigenvalue weighted by Gasteiger charge is 2.16. The molecule has 0 saturated heterocycles. The van der Waals surface area contributed by atoms with Crippen molar-refractivity contribution in [2.24, 2.45) is 11.8 Å². The van der Waals surface area contributed by atoms with Gasteiger partial charge in [-0.15, -0.1) is 5.10 Å². The molecule has 3 heteroatoms. The van der Waals surface area contributed by atoms with Crippen LogP contribution in [0, 0.1) is 11.8 Å². The maximum atomic E-state index is 4.34. The van der Waals surface area contributed by atoms with E-state index in [1.807, 2.05) is 0 Å². The van der Waals surface area contributed by atoms with Crippen LogP contribution in [-0.2, 0) is 12.8 Å². The highest BCUT2D eigenvalue weighted by atomic mass is 15.4. The maximum Gasteiger partial charge on any atom is 0.0861 e. The summed E-state index contributed by atoms with van der Waals surface area (Å²) in [6, 6.07) is 0.405. The average molecular weight is 223 g/mol. The van der Waals surface area contributed by atoms with Crippen molar-refractivity contribution in [1.82, 2.24) is 15.0 Å². The van der Waals surface area contributed by atoms with Crippen molar-refractivity contribution in [3.63, 3.8) is 0 Å². The molecule has 0 spiro atoms. The zero-order chi connectivity index (χ0) is 12.3. The normalized spacial score (nSPS) is 12.1. The topological polar surface area (TPSA) is 30.7 Å². The molecule has 0 unspecified atom stereocenters. The smallest absolute Gasteiger partial charge is 0.0861 e. The lowest BCUT2D eigenvalue weighted by molar-refractivity contribution is 0.476. The Labute approximate surface area is 99.2 Å². The molecule has 0 aliphatic heterocycles. The molecule has 0 radical (unpaired) electrons. The van der Waals surface area contributed by atoms with E-state index in [9.17, 15) is 0 Å². The molecule has 0 bridgehead atoms. The monoisotopic (exact) mass is 223 g/mol. The second-order valence-electron chi connectivity index (χ2n) is 5.72. The van der Waals surface area contributed by atoms with E-state index >= 15 is 0 Å². The first kappa shape index (κ1) is 13.2. The van der Waals surface area contributed by atoms with Crippen LogP contribution in [0.5, 0.6) is 0 Å². The first-order valence-corrected chi connectivity index (χ1v) is 6.34. The van der Waals surface area contributed by atoms with Crippen LogP contribution in [0.3, 0.4) is 0 Å². The lowest BCUT2D eigenvalue weighted by Crippen LogP contribution is -2.11. The summed E-state index contributed by atoms with van der Waals surface area (Å²) in [7, 11) is 0. The molecular weight excluding hydrogens is 198 g/mol. The van der Waals surface area contributed by atoms with E-state index in [0.717, 1.165) is 12.8 Å². The van der Waals surface area contributed by atoms with Gasteiger partial charge in [-0.3, -0.25) is 0 Å². The van der Waals surface area contributed by atoms with Gasteiger partial charge in [0.25, 0.3) is 0 Å². The van der Waals surface area contributed by atoms with Crippen LogP contribution in [0.25, 0.3) is 0 Å². The summed E-state index contributed by atoms with van der Waals surface area (Å²) in [4.78, 5) is 0. The Hall–Kier alpha value is -0.860. The Kier molecular flexibility index (Phi) is 4.51. The minimum absolute atomic E-state index is 0.405. The molecule has 0 atom stereocenters. The third kappa shape index (κ3) is 3.32. The van der Waals surface area contributed by atoms with Crippen LogP contribution in [0.1, 0.15) is 59.0 Å². The van der Waals surface area contributed by atoms with E-state index in [0.29, 0.717) is 17.9 Å². The first-order valence-electron chi connectivity index (χ1n) is 6.34. The van der Waals surface area contributed by atoms with Gasteiger partial charge in [-0.2, -0.15) is 0 Å². The Balaban J connectivity index is 2.99. The summed E-state index contributed by atoms with van der Waals surface area (Å²) in [5.74, 6) is 1.30. The number of hydrogen-bond acceptors (Lipinski definition) is 2. The summed E-state index contributed by atoms with van der Waals surface area (Å²) < 4.78 is 2.08. The predicted octanol–water partition coefficient (Wildman–Crippen LogP) is 3.26. The molecule has 1 heterocycles. The number of nitrogens with zero attached hydrogens (tertiary/aromatic N) is 3. The second-order valence-corrected chi connectivity index (χ2v) is 5.72. The zero-order valence-corrected chi connectivity index (χ0v) is 11.5. The van der Waals surface area contributed by atoms with Gasteiger partial charge in [-0.25, -0.2) is 4.68 Å². The van der Waals surface area contributed by atoms with Crippen molar-refractivity contribution in [2.75, 3.05) is 0 Å². The lowest BCUT2D eigenvalue weighted by Gasteiger charge is -2.13. The molecule has 1 aromatic heterocycles. The van der Waals surface area contributed by atoms with Gasteiger partial charge in [0.2, 0.25) is 0 Å². The fourth-order valence-corrected chi connectivity index (χ4v) is 1.90. The van der Waals surface area contributed by atoms with E-state index in [2.05, 4.69) is 56.5 Å². The second kappa shape index (κ2) is 5.46. The van der Waals surface area contributed by atoms with Crippen LogP contribution >= 0.6 is 0 Å². The molecule has 0 aliphatic carbocycles. The van der Waals surface area contributed by atoms with Gasteiger partial charge >= 0.3 is 0 Å². The van der Waals surface area contributed by atoms with Crippen LogP contribution in [0.2, 0.25) is 0 Å². The van der Waals surface area contributed by atoms with Crippen molar-refractivity contribution < 1.29 is 0 Å². The minimum atomic E-state index is 0.405. The average Bonchev–Trinajstić information content (AvgIpc) is 2.47. The summed E-state index contributed by atoms with van der Waals surface area (Å²) in [6.07, 6.45) is 2.11. The van der Waals surface area contributed by atoms with Gasteiger partial charge in [0.1, 0.15) is 0 Å². The lowest BCUT2D eigenvalue weighted by atomic mass is 10.0. The van der Waals surface area contributed by atoms with Gasteiger partial charge in [0, 0.05) is 6.04 Å². The highest BCUT2D eigenvalue weighted by Crippen LogP contribution is 2.18. The quantitative estimate of drug-likeness (QED) is 0.767. The Morgan fingerprint density at radius 2 is 1.50 bits per heavy atom. The fraction of sp³-hybridized carbons (Fsp3) is 0.846. The third-order valence-corrected chi connectivity index (χ3v) is 2.56. The largest absolute Gasteiger partial charge is 0.247 e. The third-order valence-electron chi connectivity index (χ3n) is 2.56. The maximum absolute atomic E-state index is 4.34. The zero-order valence-electron chi connectivity index (χ0n) is 11.5. The van der Waals surface area contributed by atoms with E-state index in [1.54, 1.807) is 0 Å². The van der Waals surface area contributed by atoms with Crippen LogP contribution in [0.15, 0.2) is 0 Å². The SMILES string of the molecule is CC(C)Cc1nnn(C(C)C)c1CC(C)C. The van der Waals surface area contributed by atoms with Crippen LogP contribution in [0.4, 0.5) is 0 Å². The van der Waals surface area contributed by atoms with Gasteiger partial charge in [0.15, 0.2) is 0 Å². The molecule has 0 aromatic carbocycles. The van der Waals surface area contributed by atoms with E-state index in [-0.39, 0.29) is 0 Å². The standard InChI is InChI=1S/C13H25N3/c1-9(2)7-12-13(8-10(3)4)16(11(5)6)15-14-12/h9-11H,7-8H2,1-6H3. The van der Waals surface area contributed by atoms with Crippen molar-refractivity contribution >= 4 is 0 Å². The van der Waals surface area contributed by atoms with E-state index in [1.165, 1.54) is 11.4 Å². The summed E-state index contributed by atoms with van der Waals surface area (Å²) in [5, 5.41) is 8.63. The van der Waals surface area contributed by atoms with Crippen LogP contribution in [-0.4, -0.2) is 15.0 Å². The molecule has 0 N–H and O–H groups in total. The van der Waals surface area contributed by atoms with Gasteiger partial charge in [-0.05, 0) is 38.5 Å². The molecular formula is C13H25N3. The molecule has 1 rings (SSSR count). The van der Waals surface area contributed by atoms with Gasteiger partial charge < -0.3 is 0 Å². The molecule has 0 aliphatic rings. The molecule has 0 saturated carbocycles. The molecule has 92 valence electrons. The summed E-state index contributed by atoms with van der Waals surface area (Å²) in [5.41, 5.74) is 2.52. The Morgan fingerprint density at radius 3 is 1.94 bits per heavy atom. The van der Waals surface area contributed by atoms with Crippen molar-refractivity contribution in [2.45, 2.75) is 60.4 Å². The minimum Gasteiger partial charge on any atom is -0.247 e. The van der Waals surface area contributed by atoms with Gasteiger partial charge in [-0.1, -0.05) is 32.9 Å². The predicted molar refractivity (Wildman–Crippen MR) is 67.5 cm³/mol. The van der Waals surface area contributed by atoms with Crippen LogP contribution < -0.4 is 0 Å². The highest BCUT2D eigenvalue weighted by molar-refractivity contribution is 5.12. The Morgan fingerprint density at radius 1 is 0.938 bits per heavy atom. The molecule has 1 aromatic rings. The number of aromatic nitrogens is 3. The van der Waals surface area contributed by atoms with E-state index < -0.39 is 0 Å². The fourth-order valence-electron chi connectivity index (χ4n) is 1.90. The molecule has 0 fully saturated rings. The van der Waals surface area contributed by atoms with Crippen molar-refractivity contribution in [1.29, 1.82) is 0 Å². The van der Waals surface area contributed by atoms with Gasteiger partial charge in [0.05, 0.1) is 11.4 Å². The number of rotatable bonds is 5. The molecule has 16 heavy (non-hydrogen) atoms. The van der Waals surface area contributed by atoms with Crippen molar-refractivity contribution in [3.8, 4) is 0 Å². The Bertz CT molecular complexity index is 324. The molecule has 0 amide bonds. The van der Waals surface area contributed by atoms with E-state index in [4.69, 9.17) is 0 Å².